The summed E-state index contributed by atoms with van der Waals surface area (Å²) in [7, 11) is 1.61. The van der Waals surface area contributed by atoms with Crippen molar-refractivity contribution in [2.75, 3.05) is 20.2 Å². The third-order valence-corrected chi connectivity index (χ3v) is 8.99. The van der Waals surface area contributed by atoms with Crippen LogP contribution in [-0.4, -0.2) is 37.1 Å². The van der Waals surface area contributed by atoms with E-state index in [2.05, 4.69) is 29.6 Å². The molecular formula is C37H33FN2O4S. The molecule has 5 aromatic rings. The van der Waals surface area contributed by atoms with Gasteiger partial charge in [0.15, 0.2) is 0 Å². The summed E-state index contributed by atoms with van der Waals surface area (Å²) in [4.78, 5) is 29.3. The predicted molar refractivity (Wildman–Crippen MR) is 176 cm³/mol. The first kappa shape index (κ1) is 30.2. The molecule has 5 aromatic carbocycles. The van der Waals surface area contributed by atoms with Crippen molar-refractivity contribution in [3.63, 3.8) is 0 Å². The fourth-order valence-electron chi connectivity index (χ4n) is 5.90. The zero-order chi connectivity index (χ0) is 31.2. The lowest BCUT2D eigenvalue weighted by Crippen LogP contribution is -2.53. The molecule has 228 valence electrons. The van der Waals surface area contributed by atoms with E-state index in [9.17, 15) is 13.5 Å². The molecule has 0 atom stereocenters. The van der Waals surface area contributed by atoms with E-state index in [1.807, 2.05) is 72.8 Å². The maximum atomic E-state index is 13.9. The lowest BCUT2D eigenvalue weighted by Gasteiger charge is -2.40. The molecule has 0 saturated carbocycles. The Morgan fingerprint density at radius 3 is 2.11 bits per heavy atom. The zero-order valence-corrected chi connectivity index (χ0v) is 25.7. The highest BCUT2D eigenvalue weighted by molar-refractivity contribution is 7.94. The fraction of sp³-hybridized carbons (Fsp3) is 0.189. The van der Waals surface area contributed by atoms with Crippen LogP contribution in [0.2, 0.25) is 0 Å². The first-order chi connectivity index (χ1) is 22.0. The molecular weight excluding hydrogens is 587 g/mol. The number of carbonyl (C=O) groups is 2. The smallest absolute Gasteiger partial charge is 0.415 e. The van der Waals surface area contributed by atoms with Crippen LogP contribution < -0.4 is 14.8 Å². The van der Waals surface area contributed by atoms with Crippen molar-refractivity contribution in [3.05, 3.63) is 126 Å². The molecule has 1 saturated heterocycles. The maximum Gasteiger partial charge on any atom is 0.415 e. The Hall–Kier alpha value is -4.82. The van der Waals surface area contributed by atoms with Gasteiger partial charge in [0.05, 0.1) is 24.7 Å². The molecule has 45 heavy (non-hydrogen) atoms. The second-order valence-electron chi connectivity index (χ2n) is 11.2. The highest BCUT2D eigenvalue weighted by Crippen LogP contribution is 2.38. The summed E-state index contributed by atoms with van der Waals surface area (Å²) in [5, 5.41) is 5.05. The number of fused-ring (bicyclic) bond motifs is 1. The van der Waals surface area contributed by atoms with Crippen molar-refractivity contribution in [2.45, 2.75) is 29.7 Å². The molecule has 1 N–H and O–H groups in total. The number of rotatable bonds is 8. The highest BCUT2D eigenvalue weighted by atomic mass is 32.2. The molecule has 0 spiro atoms. The molecule has 1 heterocycles. The van der Waals surface area contributed by atoms with Crippen LogP contribution in [0.25, 0.3) is 21.9 Å². The maximum absolute atomic E-state index is 13.9. The van der Waals surface area contributed by atoms with Crippen LogP contribution in [-0.2, 0) is 16.8 Å². The summed E-state index contributed by atoms with van der Waals surface area (Å²) in [6.07, 6.45) is 0.337. The summed E-state index contributed by atoms with van der Waals surface area (Å²) in [6.45, 7) is 1.03. The van der Waals surface area contributed by atoms with E-state index in [0.29, 0.717) is 43.1 Å². The summed E-state index contributed by atoms with van der Waals surface area (Å²) in [5.41, 5.74) is 3.15. The predicted octanol–water partition coefficient (Wildman–Crippen LogP) is 8.34. The first-order valence-electron chi connectivity index (χ1n) is 14.8. The van der Waals surface area contributed by atoms with Crippen LogP contribution in [0, 0.1) is 0 Å². The molecule has 6 nitrogen and oxygen atoms in total. The number of carbonyl (C=O) groups excluding carboxylic acids is 2. The standard InChI is InChI=1S/C37H33FN2O4S/c1-43-32-15-11-29-12-16-33(24-30(29)23-32)44-36(42)40-21-19-37(20-22-40,31-13-17-34(45-38)18-14-31)35(41)39-25-26-7-9-28(10-8-26)27-5-3-2-4-6-27/h2-18,23-24H,19-22,25H2,1H3,(H,39,41). The highest BCUT2D eigenvalue weighted by Gasteiger charge is 2.44. The Morgan fingerprint density at radius 1 is 0.800 bits per heavy atom. The number of piperidine rings is 1. The van der Waals surface area contributed by atoms with Gasteiger partial charge in [0.25, 0.3) is 0 Å². The lowest BCUT2D eigenvalue weighted by molar-refractivity contribution is -0.128. The van der Waals surface area contributed by atoms with Gasteiger partial charge in [-0.2, -0.15) is 3.89 Å². The monoisotopic (exact) mass is 620 g/mol. The van der Waals surface area contributed by atoms with E-state index in [1.165, 1.54) is 0 Å². The van der Waals surface area contributed by atoms with Gasteiger partial charge in [-0.3, -0.25) is 4.79 Å². The van der Waals surface area contributed by atoms with Gasteiger partial charge in [0.1, 0.15) is 11.5 Å². The third kappa shape index (κ3) is 6.66. The van der Waals surface area contributed by atoms with E-state index in [4.69, 9.17) is 9.47 Å². The van der Waals surface area contributed by atoms with E-state index in [0.717, 1.165) is 38.8 Å². The van der Waals surface area contributed by atoms with Crippen molar-refractivity contribution < 1.29 is 22.9 Å². The van der Waals surface area contributed by atoms with E-state index < -0.39 is 11.5 Å². The van der Waals surface area contributed by atoms with Crippen LogP contribution in [0.3, 0.4) is 0 Å². The molecule has 0 aromatic heterocycles. The van der Waals surface area contributed by atoms with Crippen molar-refractivity contribution in [2.24, 2.45) is 0 Å². The summed E-state index contributed by atoms with van der Waals surface area (Å²) in [6, 6.07) is 36.5. The van der Waals surface area contributed by atoms with Gasteiger partial charge in [0, 0.05) is 24.5 Å². The number of hydrogen-bond donors (Lipinski definition) is 1. The number of ether oxygens (including phenoxy) is 2. The third-order valence-electron chi connectivity index (χ3n) is 8.54. The van der Waals surface area contributed by atoms with Gasteiger partial charge < -0.3 is 19.7 Å². The minimum Gasteiger partial charge on any atom is -0.497 e. The molecule has 0 bridgehead atoms. The molecule has 0 aliphatic carbocycles. The Kier molecular flexibility index (Phi) is 9.03. The van der Waals surface area contributed by atoms with Gasteiger partial charge in [-0.05, 0) is 82.3 Å². The van der Waals surface area contributed by atoms with Gasteiger partial charge in [-0.15, -0.1) is 0 Å². The second kappa shape index (κ2) is 13.4. The number of nitrogens with one attached hydrogen (secondary N) is 1. The van der Waals surface area contributed by atoms with Crippen LogP contribution in [0.15, 0.2) is 120 Å². The van der Waals surface area contributed by atoms with Crippen molar-refractivity contribution >= 4 is 34.9 Å². The summed E-state index contributed by atoms with van der Waals surface area (Å²) >= 11 is 0.169. The molecule has 6 rings (SSSR count). The van der Waals surface area contributed by atoms with Gasteiger partial charge in [0.2, 0.25) is 5.91 Å². The molecule has 2 amide bonds. The Balaban J connectivity index is 1.15. The quantitative estimate of drug-likeness (QED) is 0.189. The number of nitrogens with zero attached hydrogens (tertiary/aromatic N) is 1. The number of halogens is 1. The van der Waals surface area contributed by atoms with E-state index in [-0.39, 0.29) is 18.1 Å². The average Bonchev–Trinajstić information content (AvgIpc) is 3.11. The van der Waals surface area contributed by atoms with Crippen molar-refractivity contribution in [3.8, 4) is 22.6 Å². The van der Waals surface area contributed by atoms with Crippen LogP contribution in [0.4, 0.5) is 8.68 Å². The average molecular weight is 621 g/mol. The SMILES string of the molecule is COc1ccc2ccc(OC(=O)N3CCC(C(=O)NCc4ccc(-c5ccccc5)cc4)(c4ccc(SF)cc4)CC3)cc2c1. The van der Waals surface area contributed by atoms with Crippen LogP contribution >= 0.6 is 12.1 Å². The Labute approximate surface area is 266 Å². The number of hydrogen-bond acceptors (Lipinski definition) is 5. The number of amides is 2. The lowest BCUT2D eigenvalue weighted by atomic mass is 9.72. The van der Waals surface area contributed by atoms with Crippen molar-refractivity contribution in [1.29, 1.82) is 0 Å². The molecule has 0 radical (unpaired) electrons. The number of likely N-dealkylation sites (tertiary alicyclic amines) is 1. The van der Waals surface area contributed by atoms with Crippen molar-refractivity contribution in [1.82, 2.24) is 10.2 Å². The fourth-order valence-corrected chi connectivity index (χ4v) is 6.14. The molecule has 0 unspecified atom stereocenters. The topological polar surface area (TPSA) is 67.9 Å². The normalized spacial score (nSPS) is 14.1. The Morgan fingerprint density at radius 2 is 1.44 bits per heavy atom. The van der Waals surface area contributed by atoms with Crippen LogP contribution in [0.1, 0.15) is 24.0 Å². The molecule has 1 aliphatic rings. The van der Waals surface area contributed by atoms with Gasteiger partial charge in [-0.1, -0.05) is 78.9 Å². The molecule has 8 heteroatoms. The molecule has 1 aliphatic heterocycles. The number of methoxy groups -OCH3 is 1. The number of benzene rings is 5. The van der Waals surface area contributed by atoms with E-state index in [1.54, 1.807) is 30.2 Å². The Bertz CT molecular complexity index is 1790. The van der Waals surface area contributed by atoms with Gasteiger partial charge in [-0.25, -0.2) is 4.79 Å². The van der Waals surface area contributed by atoms with E-state index >= 15 is 0 Å². The second-order valence-corrected chi connectivity index (χ2v) is 11.8. The summed E-state index contributed by atoms with van der Waals surface area (Å²) in [5.74, 6) is 1.04. The van der Waals surface area contributed by atoms with Crippen LogP contribution in [0.5, 0.6) is 11.5 Å². The minimum absolute atomic E-state index is 0.119. The zero-order valence-electron chi connectivity index (χ0n) is 24.9. The largest absolute Gasteiger partial charge is 0.497 e. The first-order valence-corrected chi connectivity index (χ1v) is 15.6. The van der Waals surface area contributed by atoms with Gasteiger partial charge >= 0.3 is 6.09 Å². The molecule has 1 fully saturated rings. The minimum atomic E-state index is -0.875. The summed E-state index contributed by atoms with van der Waals surface area (Å²) < 4.78 is 24.3.